The van der Waals surface area contributed by atoms with Crippen LogP contribution in [0.15, 0.2) is 114 Å². The summed E-state index contributed by atoms with van der Waals surface area (Å²) in [7, 11) is 0. The lowest BCUT2D eigenvalue weighted by Gasteiger charge is -2.13. The maximum atomic E-state index is 6.20. The van der Waals surface area contributed by atoms with Crippen LogP contribution in [0, 0.1) is 0 Å². The SMILES string of the molecule is c1ccc(-c2cc(Nc3cccc4c3oc3ccccc34)cc3ccccc23)cc1. The monoisotopic (exact) mass is 385 g/mol. The van der Waals surface area contributed by atoms with Gasteiger partial charge in [-0.15, -0.1) is 0 Å². The van der Waals surface area contributed by atoms with Gasteiger partial charge in [0.2, 0.25) is 0 Å². The molecule has 0 aliphatic rings. The van der Waals surface area contributed by atoms with Gasteiger partial charge in [0.25, 0.3) is 0 Å². The van der Waals surface area contributed by atoms with Crippen molar-refractivity contribution in [1.82, 2.24) is 0 Å². The molecule has 0 aliphatic heterocycles. The molecule has 6 rings (SSSR count). The molecule has 0 saturated heterocycles. The second-order valence-electron chi connectivity index (χ2n) is 7.52. The summed E-state index contributed by atoms with van der Waals surface area (Å²) < 4.78 is 6.20. The highest BCUT2D eigenvalue weighted by molar-refractivity contribution is 6.09. The predicted molar refractivity (Wildman–Crippen MR) is 126 cm³/mol. The molecule has 0 spiro atoms. The van der Waals surface area contributed by atoms with Crippen LogP contribution in [0.5, 0.6) is 0 Å². The van der Waals surface area contributed by atoms with E-state index in [1.807, 2.05) is 18.2 Å². The van der Waals surface area contributed by atoms with Crippen LogP contribution in [0.2, 0.25) is 0 Å². The summed E-state index contributed by atoms with van der Waals surface area (Å²) >= 11 is 0. The van der Waals surface area contributed by atoms with Gasteiger partial charge in [0.1, 0.15) is 5.58 Å². The first-order valence-electron chi connectivity index (χ1n) is 10.1. The summed E-state index contributed by atoms with van der Waals surface area (Å²) in [6.45, 7) is 0. The van der Waals surface area contributed by atoms with Crippen molar-refractivity contribution in [2.75, 3.05) is 5.32 Å². The minimum atomic E-state index is 0.883. The number of benzene rings is 5. The van der Waals surface area contributed by atoms with Gasteiger partial charge in [-0.25, -0.2) is 0 Å². The standard InChI is InChI=1S/C28H19NO/c1-2-9-19(10-3-1)25-18-21(17-20-11-4-5-12-22(20)25)29-26-15-8-14-24-23-13-6-7-16-27(23)30-28(24)26/h1-18,29H. The van der Waals surface area contributed by atoms with Crippen molar-refractivity contribution in [2.45, 2.75) is 0 Å². The highest BCUT2D eigenvalue weighted by Crippen LogP contribution is 2.37. The van der Waals surface area contributed by atoms with Gasteiger partial charge < -0.3 is 9.73 Å². The molecule has 0 radical (unpaired) electrons. The molecule has 0 saturated carbocycles. The normalized spacial score (nSPS) is 11.3. The molecule has 0 aliphatic carbocycles. The van der Waals surface area contributed by atoms with Gasteiger partial charge in [0.15, 0.2) is 5.58 Å². The molecule has 142 valence electrons. The summed E-state index contributed by atoms with van der Waals surface area (Å²) in [5.74, 6) is 0. The van der Waals surface area contributed by atoms with E-state index in [4.69, 9.17) is 4.42 Å². The Morgan fingerprint density at radius 2 is 1.30 bits per heavy atom. The van der Waals surface area contributed by atoms with Crippen LogP contribution in [0.25, 0.3) is 43.8 Å². The number of para-hydroxylation sites is 2. The average Bonchev–Trinajstić information content (AvgIpc) is 3.19. The first kappa shape index (κ1) is 16.9. The van der Waals surface area contributed by atoms with Gasteiger partial charge in [-0.05, 0) is 46.2 Å². The van der Waals surface area contributed by atoms with Crippen LogP contribution >= 0.6 is 0 Å². The molecule has 1 heterocycles. The van der Waals surface area contributed by atoms with Crippen LogP contribution in [0.1, 0.15) is 0 Å². The zero-order valence-electron chi connectivity index (χ0n) is 16.3. The van der Waals surface area contributed by atoms with Crippen molar-refractivity contribution in [3.8, 4) is 11.1 Å². The smallest absolute Gasteiger partial charge is 0.158 e. The van der Waals surface area contributed by atoms with Crippen molar-refractivity contribution in [3.05, 3.63) is 109 Å². The van der Waals surface area contributed by atoms with E-state index < -0.39 is 0 Å². The number of anilines is 2. The topological polar surface area (TPSA) is 25.2 Å². The first-order valence-corrected chi connectivity index (χ1v) is 10.1. The van der Waals surface area contributed by atoms with E-state index in [0.29, 0.717) is 0 Å². The maximum absolute atomic E-state index is 6.20. The number of nitrogens with one attached hydrogen (secondary N) is 1. The summed E-state index contributed by atoms with van der Waals surface area (Å²) in [6.07, 6.45) is 0. The second kappa shape index (κ2) is 6.78. The lowest BCUT2D eigenvalue weighted by atomic mass is 9.97. The minimum absolute atomic E-state index is 0.883. The molecular formula is C28H19NO. The van der Waals surface area contributed by atoms with E-state index in [9.17, 15) is 0 Å². The molecule has 2 nitrogen and oxygen atoms in total. The fraction of sp³-hybridized carbons (Fsp3) is 0. The van der Waals surface area contributed by atoms with E-state index >= 15 is 0 Å². The largest absolute Gasteiger partial charge is 0.454 e. The van der Waals surface area contributed by atoms with Crippen LogP contribution in [0.4, 0.5) is 11.4 Å². The Bertz CT molecular complexity index is 1510. The molecule has 0 bridgehead atoms. The lowest BCUT2D eigenvalue weighted by Crippen LogP contribution is -1.92. The van der Waals surface area contributed by atoms with Gasteiger partial charge in [-0.2, -0.15) is 0 Å². The Morgan fingerprint density at radius 3 is 2.20 bits per heavy atom. The van der Waals surface area contributed by atoms with Crippen LogP contribution in [-0.4, -0.2) is 0 Å². The van der Waals surface area contributed by atoms with Gasteiger partial charge in [0.05, 0.1) is 5.69 Å². The van der Waals surface area contributed by atoms with Crippen molar-refractivity contribution < 1.29 is 4.42 Å². The summed E-state index contributed by atoms with van der Waals surface area (Å²) in [6, 6.07) is 37.9. The zero-order chi connectivity index (χ0) is 19.9. The highest BCUT2D eigenvalue weighted by atomic mass is 16.3. The van der Waals surface area contributed by atoms with Gasteiger partial charge in [-0.1, -0.05) is 84.9 Å². The van der Waals surface area contributed by atoms with Gasteiger partial charge in [0, 0.05) is 16.5 Å². The summed E-state index contributed by atoms with van der Waals surface area (Å²) in [5, 5.41) is 8.33. The molecule has 6 aromatic rings. The van der Waals surface area contributed by atoms with E-state index in [-0.39, 0.29) is 0 Å². The van der Waals surface area contributed by atoms with Crippen LogP contribution in [0.3, 0.4) is 0 Å². The molecule has 2 heteroatoms. The Balaban J connectivity index is 1.53. The second-order valence-corrected chi connectivity index (χ2v) is 7.52. The molecule has 1 N–H and O–H groups in total. The molecule has 1 aromatic heterocycles. The molecule has 0 atom stereocenters. The van der Waals surface area contributed by atoms with Crippen molar-refractivity contribution in [3.63, 3.8) is 0 Å². The molecule has 5 aromatic carbocycles. The third kappa shape index (κ3) is 2.73. The highest BCUT2D eigenvalue weighted by Gasteiger charge is 2.12. The van der Waals surface area contributed by atoms with Crippen molar-refractivity contribution in [2.24, 2.45) is 0 Å². The van der Waals surface area contributed by atoms with E-state index in [0.717, 1.165) is 33.3 Å². The average molecular weight is 385 g/mol. The number of hydrogen-bond donors (Lipinski definition) is 1. The lowest BCUT2D eigenvalue weighted by molar-refractivity contribution is 0.670. The number of furan rings is 1. The number of fused-ring (bicyclic) bond motifs is 4. The van der Waals surface area contributed by atoms with Gasteiger partial charge >= 0.3 is 0 Å². The van der Waals surface area contributed by atoms with Crippen molar-refractivity contribution >= 4 is 44.1 Å². The Labute approximate surface area is 174 Å². The van der Waals surface area contributed by atoms with Gasteiger partial charge in [-0.3, -0.25) is 0 Å². The molecule has 0 fully saturated rings. The third-order valence-electron chi connectivity index (χ3n) is 5.63. The first-order chi connectivity index (χ1) is 14.9. The fourth-order valence-corrected chi connectivity index (χ4v) is 4.24. The molecule has 30 heavy (non-hydrogen) atoms. The van der Waals surface area contributed by atoms with Crippen molar-refractivity contribution in [1.29, 1.82) is 0 Å². The Morgan fingerprint density at radius 1 is 0.567 bits per heavy atom. The summed E-state index contributed by atoms with van der Waals surface area (Å²) in [5.41, 5.74) is 6.23. The Kier molecular flexibility index (Phi) is 3.82. The van der Waals surface area contributed by atoms with E-state index in [1.54, 1.807) is 0 Å². The maximum Gasteiger partial charge on any atom is 0.158 e. The Hall–Kier alpha value is -4.04. The number of hydrogen-bond acceptors (Lipinski definition) is 2. The minimum Gasteiger partial charge on any atom is -0.454 e. The van der Waals surface area contributed by atoms with Crippen LogP contribution in [-0.2, 0) is 0 Å². The summed E-state index contributed by atoms with van der Waals surface area (Å²) in [4.78, 5) is 0. The van der Waals surface area contributed by atoms with E-state index in [2.05, 4.69) is 96.3 Å². The molecular weight excluding hydrogens is 366 g/mol. The fourth-order valence-electron chi connectivity index (χ4n) is 4.24. The van der Waals surface area contributed by atoms with E-state index in [1.165, 1.54) is 21.9 Å². The van der Waals surface area contributed by atoms with Crippen LogP contribution < -0.4 is 5.32 Å². The molecule has 0 amide bonds. The third-order valence-corrected chi connectivity index (χ3v) is 5.63. The quantitative estimate of drug-likeness (QED) is 0.332. The molecule has 0 unspecified atom stereocenters. The zero-order valence-corrected chi connectivity index (χ0v) is 16.3. The predicted octanol–water partition coefficient (Wildman–Crippen LogP) is 8.15. The number of rotatable bonds is 3.